The standard InChI is InChI=1S/C11H23NO/c1-3-13-9-8-10-6-4-5-7-11(10)12-2/h10-12H,3-9H2,1-2H3. The van der Waals surface area contributed by atoms with E-state index < -0.39 is 0 Å². The van der Waals surface area contributed by atoms with Crippen molar-refractivity contribution < 1.29 is 4.74 Å². The topological polar surface area (TPSA) is 21.3 Å². The van der Waals surface area contributed by atoms with E-state index in [1.807, 2.05) is 0 Å². The predicted molar refractivity (Wildman–Crippen MR) is 55.9 cm³/mol. The lowest BCUT2D eigenvalue weighted by atomic mass is 9.83. The molecule has 0 heterocycles. The molecule has 2 heteroatoms. The zero-order valence-corrected chi connectivity index (χ0v) is 9.01. The molecule has 2 unspecified atom stereocenters. The third kappa shape index (κ3) is 3.65. The van der Waals surface area contributed by atoms with Gasteiger partial charge in [0.05, 0.1) is 0 Å². The van der Waals surface area contributed by atoms with Gasteiger partial charge in [0.2, 0.25) is 0 Å². The molecule has 0 aromatic carbocycles. The Balaban J connectivity index is 2.19. The summed E-state index contributed by atoms with van der Waals surface area (Å²) in [5.74, 6) is 0.852. The SMILES string of the molecule is CCOCCC1CCCCC1NC. The first-order valence-corrected chi connectivity index (χ1v) is 5.63. The van der Waals surface area contributed by atoms with Crippen molar-refractivity contribution >= 4 is 0 Å². The van der Waals surface area contributed by atoms with Crippen molar-refractivity contribution in [1.82, 2.24) is 5.32 Å². The quantitative estimate of drug-likeness (QED) is 0.663. The van der Waals surface area contributed by atoms with E-state index in [0.29, 0.717) is 0 Å². The minimum atomic E-state index is 0.745. The van der Waals surface area contributed by atoms with Gasteiger partial charge >= 0.3 is 0 Å². The van der Waals surface area contributed by atoms with Crippen molar-refractivity contribution in [2.24, 2.45) is 5.92 Å². The molecule has 78 valence electrons. The fourth-order valence-electron chi connectivity index (χ4n) is 2.31. The van der Waals surface area contributed by atoms with Crippen molar-refractivity contribution in [1.29, 1.82) is 0 Å². The summed E-state index contributed by atoms with van der Waals surface area (Å²) < 4.78 is 5.40. The highest BCUT2D eigenvalue weighted by molar-refractivity contribution is 4.79. The predicted octanol–water partition coefficient (Wildman–Crippen LogP) is 2.19. The van der Waals surface area contributed by atoms with Crippen molar-refractivity contribution in [2.75, 3.05) is 20.3 Å². The maximum atomic E-state index is 5.40. The van der Waals surface area contributed by atoms with Crippen LogP contribution >= 0.6 is 0 Å². The highest BCUT2D eigenvalue weighted by Gasteiger charge is 2.22. The number of hydrogen-bond donors (Lipinski definition) is 1. The van der Waals surface area contributed by atoms with Gasteiger partial charge in [-0.15, -0.1) is 0 Å². The van der Waals surface area contributed by atoms with Gasteiger partial charge in [0, 0.05) is 19.3 Å². The largest absolute Gasteiger partial charge is 0.382 e. The van der Waals surface area contributed by atoms with Gasteiger partial charge in [0.15, 0.2) is 0 Å². The molecule has 1 N–H and O–H groups in total. The maximum Gasteiger partial charge on any atom is 0.0469 e. The Bertz CT molecular complexity index is 127. The summed E-state index contributed by atoms with van der Waals surface area (Å²) in [6, 6.07) is 0.745. The van der Waals surface area contributed by atoms with Crippen LogP contribution in [-0.4, -0.2) is 26.3 Å². The molecule has 2 atom stereocenters. The second kappa shape index (κ2) is 6.39. The van der Waals surface area contributed by atoms with Crippen LogP contribution in [0, 0.1) is 5.92 Å². The number of rotatable bonds is 5. The first kappa shape index (κ1) is 11.0. The fraction of sp³-hybridized carbons (Fsp3) is 1.00. The number of hydrogen-bond acceptors (Lipinski definition) is 2. The molecule has 1 fully saturated rings. The highest BCUT2D eigenvalue weighted by Crippen LogP contribution is 2.26. The molecule has 0 aromatic heterocycles. The Morgan fingerprint density at radius 2 is 2.08 bits per heavy atom. The summed E-state index contributed by atoms with van der Waals surface area (Å²) >= 11 is 0. The molecule has 0 spiro atoms. The van der Waals surface area contributed by atoms with E-state index in [1.165, 1.54) is 32.1 Å². The van der Waals surface area contributed by atoms with Gasteiger partial charge in [-0.05, 0) is 39.2 Å². The van der Waals surface area contributed by atoms with Crippen LogP contribution in [0.25, 0.3) is 0 Å². The molecule has 1 saturated carbocycles. The molecule has 1 aliphatic rings. The molecule has 1 aliphatic carbocycles. The van der Waals surface area contributed by atoms with Crippen LogP contribution in [0.4, 0.5) is 0 Å². The van der Waals surface area contributed by atoms with Gasteiger partial charge in [0.1, 0.15) is 0 Å². The molecule has 0 amide bonds. The van der Waals surface area contributed by atoms with Crippen LogP contribution in [0.15, 0.2) is 0 Å². The van der Waals surface area contributed by atoms with E-state index in [-0.39, 0.29) is 0 Å². The molecular formula is C11H23NO. The zero-order chi connectivity index (χ0) is 9.52. The third-order valence-corrected chi connectivity index (χ3v) is 3.12. The Hall–Kier alpha value is -0.0800. The van der Waals surface area contributed by atoms with E-state index in [0.717, 1.165) is 25.2 Å². The summed E-state index contributed by atoms with van der Waals surface area (Å²) in [7, 11) is 2.09. The molecule has 0 aromatic rings. The Kier molecular flexibility index (Phi) is 5.40. The summed E-state index contributed by atoms with van der Waals surface area (Å²) in [4.78, 5) is 0. The Morgan fingerprint density at radius 1 is 1.31 bits per heavy atom. The summed E-state index contributed by atoms with van der Waals surface area (Å²) in [6.45, 7) is 3.87. The Labute approximate surface area is 82.0 Å². The van der Waals surface area contributed by atoms with Gasteiger partial charge in [-0.3, -0.25) is 0 Å². The van der Waals surface area contributed by atoms with Gasteiger partial charge < -0.3 is 10.1 Å². The lowest BCUT2D eigenvalue weighted by Gasteiger charge is -2.31. The molecule has 0 bridgehead atoms. The van der Waals surface area contributed by atoms with Crippen molar-refractivity contribution in [2.45, 2.75) is 45.1 Å². The minimum absolute atomic E-state index is 0.745. The van der Waals surface area contributed by atoms with E-state index in [9.17, 15) is 0 Å². The summed E-state index contributed by atoms with van der Waals surface area (Å²) in [5, 5.41) is 3.43. The minimum Gasteiger partial charge on any atom is -0.382 e. The van der Waals surface area contributed by atoms with E-state index in [1.54, 1.807) is 0 Å². The molecule has 13 heavy (non-hydrogen) atoms. The lowest BCUT2D eigenvalue weighted by molar-refractivity contribution is 0.116. The summed E-state index contributed by atoms with van der Waals surface area (Å²) in [6.07, 6.45) is 6.79. The summed E-state index contributed by atoms with van der Waals surface area (Å²) in [5.41, 5.74) is 0. The van der Waals surface area contributed by atoms with Crippen LogP contribution in [-0.2, 0) is 4.74 Å². The van der Waals surface area contributed by atoms with Crippen LogP contribution in [0.3, 0.4) is 0 Å². The first-order chi connectivity index (χ1) is 6.38. The zero-order valence-electron chi connectivity index (χ0n) is 9.01. The Morgan fingerprint density at radius 3 is 2.77 bits per heavy atom. The van der Waals surface area contributed by atoms with Gasteiger partial charge in [-0.2, -0.15) is 0 Å². The van der Waals surface area contributed by atoms with E-state index in [2.05, 4.69) is 19.3 Å². The second-order valence-electron chi connectivity index (χ2n) is 3.93. The van der Waals surface area contributed by atoms with Crippen molar-refractivity contribution in [3.63, 3.8) is 0 Å². The molecule has 1 rings (SSSR count). The van der Waals surface area contributed by atoms with Gasteiger partial charge in [-0.25, -0.2) is 0 Å². The normalized spacial score (nSPS) is 29.1. The molecule has 2 nitrogen and oxygen atoms in total. The molecule has 0 aliphatic heterocycles. The second-order valence-corrected chi connectivity index (χ2v) is 3.93. The van der Waals surface area contributed by atoms with Crippen LogP contribution in [0.5, 0.6) is 0 Å². The third-order valence-electron chi connectivity index (χ3n) is 3.12. The fourth-order valence-corrected chi connectivity index (χ4v) is 2.31. The number of nitrogens with one attached hydrogen (secondary N) is 1. The van der Waals surface area contributed by atoms with Gasteiger partial charge in [-0.1, -0.05) is 12.8 Å². The van der Waals surface area contributed by atoms with Crippen LogP contribution in [0.1, 0.15) is 39.0 Å². The molecule has 0 saturated heterocycles. The number of ether oxygens (including phenoxy) is 1. The van der Waals surface area contributed by atoms with E-state index in [4.69, 9.17) is 4.74 Å². The highest BCUT2D eigenvalue weighted by atomic mass is 16.5. The first-order valence-electron chi connectivity index (χ1n) is 5.63. The van der Waals surface area contributed by atoms with Crippen LogP contribution in [0.2, 0.25) is 0 Å². The molecule has 0 radical (unpaired) electrons. The monoisotopic (exact) mass is 185 g/mol. The average molecular weight is 185 g/mol. The van der Waals surface area contributed by atoms with E-state index >= 15 is 0 Å². The smallest absolute Gasteiger partial charge is 0.0469 e. The van der Waals surface area contributed by atoms with Crippen LogP contribution < -0.4 is 5.32 Å². The molecular weight excluding hydrogens is 162 g/mol. The maximum absolute atomic E-state index is 5.40. The van der Waals surface area contributed by atoms with Crippen molar-refractivity contribution in [3.05, 3.63) is 0 Å². The van der Waals surface area contributed by atoms with Crippen molar-refractivity contribution in [3.8, 4) is 0 Å². The average Bonchev–Trinajstić information content (AvgIpc) is 2.19. The lowest BCUT2D eigenvalue weighted by Crippen LogP contribution is -2.36. The van der Waals surface area contributed by atoms with Gasteiger partial charge in [0.25, 0.3) is 0 Å².